The zero-order valence-electron chi connectivity index (χ0n) is 10.8. The molecule has 1 atom stereocenters. The van der Waals surface area contributed by atoms with Gasteiger partial charge in [-0.05, 0) is 44.9 Å². The Morgan fingerprint density at radius 2 is 2.06 bits per heavy atom. The SMILES string of the molecule is CC(C)(C)SN[C@@H]1CCNc2c(Cl)cc(Cl)cc21. The Hall–Kier alpha value is -0.0900. The average Bonchev–Trinajstić information content (AvgIpc) is 2.25. The minimum absolute atomic E-state index is 0.188. The normalized spacial score (nSPS) is 19.3. The van der Waals surface area contributed by atoms with Crippen LogP contribution in [-0.4, -0.2) is 11.3 Å². The molecule has 0 unspecified atom stereocenters. The summed E-state index contributed by atoms with van der Waals surface area (Å²) in [5.41, 5.74) is 2.18. The molecule has 0 saturated carbocycles. The standard InChI is InChI=1S/C13H18Cl2N2S/c1-13(2,3)18-17-11-4-5-16-12-9(11)6-8(14)7-10(12)15/h6-7,11,16-17H,4-5H2,1-3H3/t11-/m1/s1. The van der Waals surface area contributed by atoms with E-state index in [0.29, 0.717) is 16.1 Å². The first-order valence-electron chi connectivity index (χ1n) is 6.03. The third-order valence-electron chi connectivity index (χ3n) is 2.70. The van der Waals surface area contributed by atoms with Crippen molar-refractivity contribution in [3.05, 3.63) is 27.7 Å². The topological polar surface area (TPSA) is 24.1 Å². The van der Waals surface area contributed by atoms with E-state index in [1.807, 2.05) is 6.07 Å². The Balaban J connectivity index is 2.22. The number of rotatable bonds is 2. The maximum absolute atomic E-state index is 6.22. The quantitative estimate of drug-likeness (QED) is 0.761. The fourth-order valence-electron chi connectivity index (χ4n) is 1.92. The first kappa shape index (κ1) is 14.3. The molecule has 1 aliphatic rings. The van der Waals surface area contributed by atoms with Crippen LogP contribution in [0.1, 0.15) is 38.8 Å². The van der Waals surface area contributed by atoms with Gasteiger partial charge >= 0.3 is 0 Å². The summed E-state index contributed by atoms with van der Waals surface area (Å²) >= 11 is 14.1. The second kappa shape index (κ2) is 5.49. The third kappa shape index (κ3) is 3.47. The maximum Gasteiger partial charge on any atom is 0.0655 e. The molecule has 5 heteroatoms. The highest BCUT2D eigenvalue weighted by molar-refractivity contribution is 7.98. The number of benzene rings is 1. The van der Waals surface area contributed by atoms with Gasteiger partial charge in [0, 0.05) is 22.4 Å². The van der Waals surface area contributed by atoms with Crippen molar-refractivity contribution in [3.63, 3.8) is 0 Å². The summed E-state index contributed by atoms with van der Waals surface area (Å²) in [7, 11) is 0. The van der Waals surface area contributed by atoms with Crippen molar-refractivity contribution in [2.45, 2.75) is 38.0 Å². The van der Waals surface area contributed by atoms with E-state index in [9.17, 15) is 0 Å². The summed E-state index contributed by atoms with van der Waals surface area (Å²) in [6, 6.07) is 4.08. The molecule has 0 amide bonds. The minimum Gasteiger partial charge on any atom is -0.383 e. The van der Waals surface area contributed by atoms with E-state index in [1.165, 1.54) is 0 Å². The van der Waals surface area contributed by atoms with Gasteiger partial charge in [-0.2, -0.15) is 0 Å². The molecule has 0 radical (unpaired) electrons. The van der Waals surface area contributed by atoms with Crippen molar-refractivity contribution in [1.29, 1.82) is 0 Å². The Morgan fingerprint density at radius 1 is 1.33 bits per heavy atom. The van der Waals surface area contributed by atoms with Crippen LogP contribution >= 0.6 is 35.1 Å². The lowest BCUT2D eigenvalue weighted by molar-refractivity contribution is 0.609. The monoisotopic (exact) mass is 304 g/mol. The van der Waals surface area contributed by atoms with Crippen LogP contribution in [0, 0.1) is 0 Å². The molecule has 0 aliphatic carbocycles. The number of fused-ring (bicyclic) bond motifs is 1. The zero-order valence-corrected chi connectivity index (χ0v) is 13.1. The van der Waals surface area contributed by atoms with Crippen LogP contribution in [0.2, 0.25) is 10.0 Å². The summed E-state index contributed by atoms with van der Waals surface area (Å²) in [5, 5.41) is 4.73. The predicted octanol–water partition coefficient (Wildman–Crippen LogP) is 4.89. The van der Waals surface area contributed by atoms with E-state index in [2.05, 4.69) is 30.8 Å². The number of nitrogens with one attached hydrogen (secondary N) is 2. The summed E-state index contributed by atoms with van der Waals surface area (Å²) in [5.74, 6) is 0. The van der Waals surface area contributed by atoms with E-state index in [4.69, 9.17) is 23.2 Å². The van der Waals surface area contributed by atoms with Gasteiger partial charge in [0.15, 0.2) is 0 Å². The first-order chi connectivity index (χ1) is 8.37. The van der Waals surface area contributed by atoms with E-state index < -0.39 is 0 Å². The van der Waals surface area contributed by atoms with E-state index in [-0.39, 0.29) is 4.75 Å². The van der Waals surface area contributed by atoms with Crippen molar-refractivity contribution in [3.8, 4) is 0 Å². The van der Waals surface area contributed by atoms with Gasteiger partial charge in [0.25, 0.3) is 0 Å². The minimum atomic E-state index is 0.188. The molecule has 2 N–H and O–H groups in total. The Morgan fingerprint density at radius 3 is 2.72 bits per heavy atom. The fourth-order valence-corrected chi connectivity index (χ4v) is 3.24. The van der Waals surface area contributed by atoms with Crippen molar-refractivity contribution >= 4 is 40.8 Å². The van der Waals surface area contributed by atoms with Gasteiger partial charge in [-0.1, -0.05) is 35.1 Å². The molecule has 0 aromatic heterocycles. The van der Waals surface area contributed by atoms with Gasteiger partial charge in [-0.25, -0.2) is 0 Å². The lowest BCUT2D eigenvalue weighted by Crippen LogP contribution is -2.27. The molecule has 2 nitrogen and oxygen atoms in total. The molecule has 1 aromatic rings. The molecule has 1 aromatic carbocycles. The lowest BCUT2D eigenvalue weighted by atomic mass is 9.99. The second-order valence-electron chi connectivity index (χ2n) is 5.45. The van der Waals surface area contributed by atoms with Crippen molar-refractivity contribution in [1.82, 2.24) is 4.72 Å². The molecule has 0 saturated heterocycles. The van der Waals surface area contributed by atoms with Crippen LogP contribution in [0.25, 0.3) is 0 Å². The first-order valence-corrected chi connectivity index (χ1v) is 7.60. The summed E-state index contributed by atoms with van der Waals surface area (Å²) in [6.07, 6.45) is 1.03. The second-order valence-corrected chi connectivity index (χ2v) is 7.96. The van der Waals surface area contributed by atoms with Gasteiger partial charge in [0.1, 0.15) is 0 Å². The number of halogens is 2. The predicted molar refractivity (Wildman–Crippen MR) is 82.8 cm³/mol. The van der Waals surface area contributed by atoms with Crippen LogP contribution in [0.5, 0.6) is 0 Å². The van der Waals surface area contributed by atoms with Crippen LogP contribution in [0.3, 0.4) is 0 Å². The van der Waals surface area contributed by atoms with Crippen molar-refractivity contribution < 1.29 is 0 Å². The van der Waals surface area contributed by atoms with Crippen LogP contribution in [-0.2, 0) is 0 Å². The zero-order chi connectivity index (χ0) is 13.3. The van der Waals surface area contributed by atoms with Gasteiger partial charge in [0.2, 0.25) is 0 Å². The molecular weight excluding hydrogens is 287 g/mol. The van der Waals surface area contributed by atoms with Crippen molar-refractivity contribution in [2.24, 2.45) is 0 Å². The Labute approximate surface area is 123 Å². The molecule has 18 heavy (non-hydrogen) atoms. The smallest absolute Gasteiger partial charge is 0.0655 e. The summed E-state index contributed by atoms with van der Waals surface area (Å²) in [4.78, 5) is 0. The molecule has 100 valence electrons. The van der Waals surface area contributed by atoms with Crippen LogP contribution in [0.15, 0.2) is 12.1 Å². The molecule has 0 spiro atoms. The highest BCUT2D eigenvalue weighted by Gasteiger charge is 2.24. The van der Waals surface area contributed by atoms with E-state index >= 15 is 0 Å². The summed E-state index contributed by atoms with van der Waals surface area (Å²) in [6.45, 7) is 7.50. The fraction of sp³-hybridized carbons (Fsp3) is 0.538. The highest BCUT2D eigenvalue weighted by Crippen LogP contribution is 2.39. The average molecular weight is 305 g/mol. The molecule has 2 rings (SSSR count). The third-order valence-corrected chi connectivity index (χ3v) is 4.23. The number of hydrogen-bond donors (Lipinski definition) is 2. The van der Waals surface area contributed by atoms with Gasteiger partial charge in [-0.15, -0.1) is 0 Å². The van der Waals surface area contributed by atoms with Gasteiger partial charge < -0.3 is 5.32 Å². The molecule has 1 heterocycles. The molecular formula is C13H18Cl2N2S. The Kier molecular flexibility index (Phi) is 4.37. The van der Waals surface area contributed by atoms with Gasteiger partial charge in [0.05, 0.1) is 10.7 Å². The Bertz CT molecular complexity index is 443. The maximum atomic E-state index is 6.22. The van der Waals surface area contributed by atoms with Gasteiger partial charge in [-0.3, -0.25) is 4.72 Å². The molecule has 1 aliphatic heterocycles. The van der Waals surface area contributed by atoms with Crippen LogP contribution in [0.4, 0.5) is 5.69 Å². The number of anilines is 1. The van der Waals surface area contributed by atoms with Crippen molar-refractivity contribution in [2.75, 3.05) is 11.9 Å². The molecule has 0 bridgehead atoms. The summed E-state index contributed by atoms with van der Waals surface area (Å²) < 4.78 is 3.72. The lowest BCUT2D eigenvalue weighted by Gasteiger charge is -2.30. The van der Waals surface area contributed by atoms with E-state index in [0.717, 1.165) is 24.2 Å². The highest BCUT2D eigenvalue weighted by atomic mass is 35.5. The number of hydrogen-bond acceptors (Lipinski definition) is 3. The van der Waals surface area contributed by atoms with Crippen LogP contribution < -0.4 is 10.0 Å². The van der Waals surface area contributed by atoms with E-state index in [1.54, 1.807) is 18.0 Å². The largest absolute Gasteiger partial charge is 0.383 e. The molecule has 0 fully saturated rings.